The van der Waals surface area contributed by atoms with Crippen molar-refractivity contribution in [3.8, 4) is 0 Å². The average Bonchev–Trinajstić information content (AvgIpc) is 2.74. The summed E-state index contributed by atoms with van der Waals surface area (Å²) in [5.41, 5.74) is 2.81. The van der Waals surface area contributed by atoms with Crippen LogP contribution in [0.2, 0.25) is 0 Å². The topological polar surface area (TPSA) is 17.8 Å². The minimum atomic E-state index is -0.253. The molecule has 0 fully saturated rings. The molecule has 1 aromatic heterocycles. The summed E-state index contributed by atoms with van der Waals surface area (Å²) < 4.78 is 16.1. The molecule has 0 atom stereocenters. The number of benzene rings is 2. The summed E-state index contributed by atoms with van der Waals surface area (Å²) in [6, 6.07) is 12.8. The number of hydrogen-bond donors (Lipinski definition) is 0. The molecule has 4 heteroatoms. The largest absolute Gasteiger partial charge is 0.326 e. The zero-order valence-electron chi connectivity index (χ0n) is 9.48. The summed E-state index contributed by atoms with van der Waals surface area (Å²) in [6.45, 7) is 0.732. The Bertz CT molecular complexity index is 689. The molecule has 0 aliphatic heterocycles. The highest BCUT2D eigenvalue weighted by Gasteiger charge is 2.04. The third-order valence-corrected chi connectivity index (χ3v) is 3.38. The predicted octanol–water partition coefficient (Wildman–Crippen LogP) is 3.99. The quantitative estimate of drug-likeness (QED) is 0.700. The standard InChI is InChI=1S/C14H10BrFN2/c15-11-3-1-10(2-4-11)8-18-9-17-13-7-12(16)5-6-14(13)18/h1-7,9H,8H2. The molecule has 0 N–H and O–H groups in total. The lowest BCUT2D eigenvalue weighted by atomic mass is 10.2. The summed E-state index contributed by atoms with van der Waals surface area (Å²) in [5.74, 6) is -0.253. The van der Waals surface area contributed by atoms with E-state index in [9.17, 15) is 4.39 Å². The molecule has 0 radical (unpaired) electrons. The first-order valence-electron chi connectivity index (χ1n) is 5.57. The summed E-state index contributed by atoms with van der Waals surface area (Å²) in [7, 11) is 0. The third kappa shape index (κ3) is 2.16. The van der Waals surface area contributed by atoms with E-state index in [1.165, 1.54) is 17.7 Å². The molecule has 0 amide bonds. The van der Waals surface area contributed by atoms with Gasteiger partial charge in [-0.05, 0) is 29.8 Å². The molecule has 0 saturated heterocycles. The van der Waals surface area contributed by atoms with Crippen LogP contribution in [0.25, 0.3) is 11.0 Å². The van der Waals surface area contributed by atoms with Crippen molar-refractivity contribution in [3.63, 3.8) is 0 Å². The van der Waals surface area contributed by atoms with Crippen molar-refractivity contribution in [1.29, 1.82) is 0 Å². The fourth-order valence-electron chi connectivity index (χ4n) is 1.95. The van der Waals surface area contributed by atoms with Crippen LogP contribution in [0.1, 0.15) is 5.56 Å². The van der Waals surface area contributed by atoms with Gasteiger partial charge in [-0.25, -0.2) is 9.37 Å². The van der Waals surface area contributed by atoms with Crippen molar-refractivity contribution < 1.29 is 4.39 Å². The predicted molar refractivity (Wildman–Crippen MR) is 72.9 cm³/mol. The number of nitrogens with zero attached hydrogens (tertiary/aromatic N) is 2. The molecule has 0 spiro atoms. The second-order valence-corrected chi connectivity index (χ2v) is 5.05. The van der Waals surface area contributed by atoms with Gasteiger partial charge in [0.2, 0.25) is 0 Å². The Morgan fingerprint density at radius 2 is 1.89 bits per heavy atom. The number of hydrogen-bond acceptors (Lipinski definition) is 1. The Balaban J connectivity index is 1.97. The van der Waals surface area contributed by atoms with Crippen LogP contribution in [0.4, 0.5) is 4.39 Å². The fraction of sp³-hybridized carbons (Fsp3) is 0.0714. The zero-order valence-corrected chi connectivity index (χ0v) is 11.1. The Hall–Kier alpha value is -1.68. The maximum atomic E-state index is 13.1. The minimum Gasteiger partial charge on any atom is -0.326 e. The first-order chi connectivity index (χ1) is 8.72. The smallest absolute Gasteiger partial charge is 0.125 e. The second-order valence-electron chi connectivity index (χ2n) is 4.13. The maximum Gasteiger partial charge on any atom is 0.125 e. The van der Waals surface area contributed by atoms with Gasteiger partial charge < -0.3 is 4.57 Å². The number of fused-ring (bicyclic) bond motifs is 1. The molecule has 0 saturated carbocycles. The van der Waals surface area contributed by atoms with Gasteiger partial charge in [-0.15, -0.1) is 0 Å². The van der Waals surface area contributed by atoms with Gasteiger partial charge in [-0.2, -0.15) is 0 Å². The summed E-state index contributed by atoms with van der Waals surface area (Å²) in [4.78, 5) is 4.21. The number of imidazole rings is 1. The Morgan fingerprint density at radius 1 is 1.11 bits per heavy atom. The molecule has 0 aliphatic carbocycles. The molecule has 90 valence electrons. The lowest BCUT2D eigenvalue weighted by Gasteiger charge is -2.04. The van der Waals surface area contributed by atoms with Crippen LogP contribution >= 0.6 is 15.9 Å². The van der Waals surface area contributed by atoms with E-state index < -0.39 is 0 Å². The molecular formula is C14H10BrFN2. The summed E-state index contributed by atoms with van der Waals surface area (Å²) >= 11 is 3.41. The van der Waals surface area contributed by atoms with E-state index in [0.29, 0.717) is 5.52 Å². The van der Waals surface area contributed by atoms with Crippen LogP contribution < -0.4 is 0 Å². The molecule has 1 heterocycles. The zero-order chi connectivity index (χ0) is 12.5. The molecule has 2 aromatic carbocycles. The highest BCUT2D eigenvalue weighted by molar-refractivity contribution is 9.10. The summed E-state index contributed by atoms with van der Waals surface area (Å²) in [5, 5.41) is 0. The van der Waals surface area contributed by atoms with E-state index in [0.717, 1.165) is 16.5 Å². The van der Waals surface area contributed by atoms with Crippen LogP contribution in [0.3, 0.4) is 0 Å². The first-order valence-corrected chi connectivity index (χ1v) is 6.36. The fourth-order valence-corrected chi connectivity index (χ4v) is 2.21. The highest BCUT2D eigenvalue weighted by Crippen LogP contribution is 2.17. The lowest BCUT2D eigenvalue weighted by Crippen LogP contribution is -1.97. The van der Waals surface area contributed by atoms with Gasteiger partial charge in [0.05, 0.1) is 17.4 Å². The normalized spacial score (nSPS) is 11.0. The molecule has 0 bridgehead atoms. The molecular weight excluding hydrogens is 295 g/mol. The van der Waals surface area contributed by atoms with Crippen LogP contribution in [0.15, 0.2) is 53.3 Å². The molecule has 3 rings (SSSR count). The highest BCUT2D eigenvalue weighted by atomic mass is 79.9. The Labute approximate surface area is 112 Å². The van der Waals surface area contributed by atoms with E-state index in [1.54, 1.807) is 12.4 Å². The third-order valence-electron chi connectivity index (χ3n) is 2.85. The minimum absolute atomic E-state index is 0.253. The Kier molecular flexibility index (Phi) is 2.88. The van der Waals surface area contributed by atoms with Crippen molar-refractivity contribution in [3.05, 3.63) is 64.6 Å². The van der Waals surface area contributed by atoms with E-state index >= 15 is 0 Å². The average molecular weight is 305 g/mol. The van der Waals surface area contributed by atoms with Gasteiger partial charge in [0.25, 0.3) is 0 Å². The second kappa shape index (κ2) is 4.53. The SMILES string of the molecule is Fc1ccc2c(c1)ncn2Cc1ccc(Br)cc1. The number of aromatic nitrogens is 2. The van der Waals surface area contributed by atoms with Gasteiger partial charge in [-0.1, -0.05) is 28.1 Å². The molecule has 3 aromatic rings. The molecule has 0 unspecified atom stereocenters. The summed E-state index contributed by atoms with van der Waals surface area (Å²) in [6.07, 6.45) is 1.74. The van der Waals surface area contributed by atoms with E-state index in [1.807, 2.05) is 16.7 Å². The monoisotopic (exact) mass is 304 g/mol. The number of halogens is 2. The van der Waals surface area contributed by atoms with Crippen molar-refractivity contribution in [2.75, 3.05) is 0 Å². The molecule has 2 nitrogen and oxygen atoms in total. The van der Waals surface area contributed by atoms with Gasteiger partial charge >= 0.3 is 0 Å². The van der Waals surface area contributed by atoms with E-state index in [2.05, 4.69) is 33.0 Å². The van der Waals surface area contributed by atoms with Gasteiger partial charge in [0, 0.05) is 17.1 Å². The Morgan fingerprint density at radius 3 is 2.67 bits per heavy atom. The van der Waals surface area contributed by atoms with E-state index in [-0.39, 0.29) is 5.82 Å². The van der Waals surface area contributed by atoms with Crippen LogP contribution in [-0.2, 0) is 6.54 Å². The van der Waals surface area contributed by atoms with Crippen LogP contribution in [0, 0.1) is 5.82 Å². The maximum absolute atomic E-state index is 13.1. The molecule has 18 heavy (non-hydrogen) atoms. The van der Waals surface area contributed by atoms with Crippen LogP contribution in [0.5, 0.6) is 0 Å². The van der Waals surface area contributed by atoms with Gasteiger partial charge in [-0.3, -0.25) is 0 Å². The first kappa shape index (κ1) is 11.4. The van der Waals surface area contributed by atoms with Crippen molar-refractivity contribution >= 4 is 27.0 Å². The van der Waals surface area contributed by atoms with Crippen molar-refractivity contribution in [1.82, 2.24) is 9.55 Å². The lowest BCUT2D eigenvalue weighted by molar-refractivity contribution is 0.629. The van der Waals surface area contributed by atoms with E-state index in [4.69, 9.17) is 0 Å². The molecule has 0 aliphatic rings. The van der Waals surface area contributed by atoms with Gasteiger partial charge in [0.15, 0.2) is 0 Å². The number of rotatable bonds is 2. The van der Waals surface area contributed by atoms with Crippen molar-refractivity contribution in [2.24, 2.45) is 0 Å². The van der Waals surface area contributed by atoms with Gasteiger partial charge in [0.1, 0.15) is 5.82 Å². The van der Waals surface area contributed by atoms with Crippen molar-refractivity contribution in [2.45, 2.75) is 6.54 Å². The van der Waals surface area contributed by atoms with Crippen LogP contribution in [-0.4, -0.2) is 9.55 Å².